The summed E-state index contributed by atoms with van der Waals surface area (Å²) in [5.41, 5.74) is -0.408. The van der Waals surface area contributed by atoms with Crippen molar-refractivity contribution >= 4 is 22.9 Å². The molecule has 0 aliphatic heterocycles. The molecule has 0 aromatic carbocycles. The number of aliphatic hydroxyl groups is 1. The monoisotopic (exact) mass is 188 g/mol. The first-order valence-corrected chi connectivity index (χ1v) is 4.90. The van der Waals surface area contributed by atoms with Crippen LogP contribution in [0.15, 0.2) is 11.4 Å². The molecule has 0 unspecified atom stereocenters. The van der Waals surface area contributed by atoms with Crippen molar-refractivity contribution in [2.24, 2.45) is 0 Å². The second kappa shape index (κ2) is 2.47. The van der Waals surface area contributed by atoms with Crippen LogP contribution in [0.4, 0.5) is 0 Å². The lowest BCUT2D eigenvalue weighted by molar-refractivity contribution is 0.152. The summed E-state index contributed by atoms with van der Waals surface area (Å²) in [4.78, 5) is 1.12. The summed E-state index contributed by atoms with van der Waals surface area (Å²) in [5.74, 6) is 0. The number of hydrogen-bond acceptors (Lipinski definition) is 2. The zero-order valence-corrected chi connectivity index (χ0v) is 7.58. The van der Waals surface area contributed by atoms with Gasteiger partial charge in [-0.3, -0.25) is 0 Å². The van der Waals surface area contributed by atoms with Gasteiger partial charge < -0.3 is 5.11 Å². The Balaban J connectivity index is 2.12. The zero-order valence-electron chi connectivity index (χ0n) is 6.01. The Labute approximate surface area is 74.6 Å². The highest BCUT2D eigenvalue weighted by molar-refractivity contribution is 7.10. The molecule has 60 valence electrons. The maximum Gasteiger partial charge on any atom is 0.0698 e. The fourth-order valence-corrected chi connectivity index (χ4v) is 2.31. The van der Waals surface area contributed by atoms with Crippen molar-refractivity contribution in [3.63, 3.8) is 0 Å². The molecule has 1 N–H and O–H groups in total. The van der Waals surface area contributed by atoms with Crippen molar-refractivity contribution in [3.8, 4) is 0 Å². The fourth-order valence-electron chi connectivity index (χ4n) is 1.07. The predicted octanol–water partition coefficient (Wildman–Crippen LogP) is 2.47. The Morgan fingerprint density at radius 3 is 2.82 bits per heavy atom. The SMILES string of the molecule is OC1(Cc2sccc2Cl)CC1. The molecule has 2 rings (SSSR count). The van der Waals surface area contributed by atoms with Crippen molar-refractivity contribution in [1.29, 1.82) is 0 Å². The Kier molecular flexibility index (Phi) is 1.71. The highest BCUT2D eigenvalue weighted by atomic mass is 35.5. The maximum absolute atomic E-state index is 9.57. The van der Waals surface area contributed by atoms with Gasteiger partial charge in [0, 0.05) is 11.3 Å². The molecule has 1 aliphatic carbocycles. The van der Waals surface area contributed by atoms with E-state index in [1.807, 2.05) is 11.4 Å². The molecule has 1 saturated carbocycles. The summed E-state index contributed by atoms with van der Waals surface area (Å²) in [5, 5.41) is 12.3. The number of thiophene rings is 1. The summed E-state index contributed by atoms with van der Waals surface area (Å²) in [6, 6.07) is 1.88. The number of halogens is 1. The van der Waals surface area contributed by atoms with Crippen LogP contribution in [-0.4, -0.2) is 10.7 Å². The van der Waals surface area contributed by atoms with Crippen LogP contribution in [0.5, 0.6) is 0 Å². The average Bonchev–Trinajstić information content (AvgIpc) is 2.54. The highest BCUT2D eigenvalue weighted by Gasteiger charge is 2.40. The summed E-state index contributed by atoms with van der Waals surface area (Å²) < 4.78 is 0. The van der Waals surface area contributed by atoms with Gasteiger partial charge in [-0.05, 0) is 24.3 Å². The van der Waals surface area contributed by atoms with Gasteiger partial charge in [0.15, 0.2) is 0 Å². The molecule has 1 nitrogen and oxygen atoms in total. The molecule has 1 aliphatic rings. The molecule has 1 aromatic heterocycles. The van der Waals surface area contributed by atoms with Gasteiger partial charge in [-0.15, -0.1) is 11.3 Å². The van der Waals surface area contributed by atoms with E-state index in [0.717, 1.165) is 29.2 Å². The van der Waals surface area contributed by atoms with E-state index < -0.39 is 5.60 Å². The number of hydrogen-bond donors (Lipinski definition) is 1. The third-order valence-electron chi connectivity index (χ3n) is 2.01. The van der Waals surface area contributed by atoms with Crippen LogP contribution in [0.25, 0.3) is 0 Å². The van der Waals surface area contributed by atoms with E-state index in [4.69, 9.17) is 11.6 Å². The molecule has 0 atom stereocenters. The lowest BCUT2D eigenvalue weighted by Gasteiger charge is -2.04. The van der Waals surface area contributed by atoms with Crippen molar-refractivity contribution in [3.05, 3.63) is 21.3 Å². The fraction of sp³-hybridized carbons (Fsp3) is 0.500. The van der Waals surface area contributed by atoms with Crippen LogP contribution in [-0.2, 0) is 6.42 Å². The zero-order chi connectivity index (χ0) is 7.90. The second-order valence-corrected chi connectivity index (χ2v) is 4.50. The molecule has 3 heteroatoms. The Morgan fingerprint density at radius 2 is 2.36 bits per heavy atom. The van der Waals surface area contributed by atoms with Crippen LogP contribution in [0, 0.1) is 0 Å². The minimum atomic E-state index is -0.408. The van der Waals surface area contributed by atoms with Gasteiger partial charge >= 0.3 is 0 Å². The van der Waals surface area contributed by atoms with Crippen molar-refractivity contribution < 1.29 is 5.11 Å². The van der Waals surface area contributed by atoms with Crippen molar-refractivity contribution in [2.75, 3.05) is 0 Å². The Bertz CT molecular complexity index is 265. The Morgan fingerprint density at radius 1 is 1.64 bits per heavy atom. The van der Waals surface area contributed by atoms with Gasteiger partial charge in [0.25, 0.3) is 0 Å². The van der Waals surface area contributed by atoms with E-state index in [0.29, 0.717) is 0 Å². The number of rotatable bonds is 2. The maximum atomic E-state index is 9.57. The molecule has 0 bridgehead atoms. The average molecular weight is 189 g/mol. The second-order valence-electron chi connectivity index (χ2n) is 3.09. The molecule has 0 spiro atoms. The highest BCUT2D eigenvalue weighted by Crippen LogP contribution is 2.40. The molecule has 1 fully saturated rings. The third kappa shape index (κ3) is 1.58. The van der Waals surface area contributed by atoms with Crippen molar-refractivity contribution in [2.45, 2.75) is 24.9 Å². The van der Waals surface area contributed by atoms with Crippen LogP contribution < -0.4 is 0 Å². The topological polar surface area (TPSA) is 20.2 Å². The van der Waals surface area contributed by atoms with E-state index in [1.54, 1.807) is 11.3 Å². The minimum Gasteiger partial charge on any atom is -0.390 e. The van der Waals surface area contributed by atoms with Crippen LogP contribution in [0.1, 0.15) is 17.7 Å². The van der Waals surface area contributed by atoms with Crippen LogP contribution >= 0.6 is 22.9 Å². The standard InChI is InChI=1S/C8H9ClOS/c9-6-1-4-11-7(6)5-8(10)2-3-8/h1,4,10H,2-3,5H2. The van der Waals surface area contributed by atoms with Gasteiger partial charge in [-0.2, -0.15) is 0 Å². The summed E-state index contributed by atoms with van der Waals surface area (Å²) in [6.07, 6.45) is 2.60. The first-order valence-electron chi connectivity index (χ1n) is 3.64. The van der Waals surface area contributed by atoms with Gasteiger partial charge in [0.1, 0.15) is 0 Å². The van der Waals surface area contributed by atoms with E-state index in [-0.39, 0.29) is 0 Å². The molecular formula is C8H9ClOS. The van der Waals surface area contributed by atoms with Crippen molar-refractivity contribution in [1.82, 2.24) is 0 Å². The van der Waals surface area contributed by atoms with Gasteiger partial charge in [-0.25, -0.2) is 0 Å². The smallest absolute Gasteiger partial charge is 0.0698 e. The van der Waals surface area contributed by atoms with E-state index >= 15 is 0 Å². The summed E-state index contributed by atoms with van der Waals surface area (Å²) in [6.45, 7) is 0. The summed E-state index contributed by atoms with van der Waals surface area (Å²) in [7, 11) is 0. The van der Waals surface area contributed by atoms with E-state index in [1.165, 1.54) is 0 Å². The lowest BCUT2D eigenvalue weighted by Crippen LogP contribution is -2.09. The van der Waals surface area contributed by atoms with Gasteiger partial charge in [0.2, 0.25) is 0 Å². The van der Waals surface area contributed by atoms with E-state index in [9.17, 15) is 5.11 Å². The first-order chi connectivity index (χ1) is 5.20. The molecule has 0 radical (unpaired) electrons. The Hall–Kier alpha value is -0.0500. The van der Waals surface area contributed by atoms with E-state index in [2.05, 4.69) is 0 Å². The molecule has 0 amide bonds. The molecule has 11 heavy (non-hydrogen) atoms. The molecule has 1 heterocycles. The predicted molar refractivity (Wildman–Crippen MR) is 47.2 cm³/mol. The normalized spacial score (nSPS) is 20.2. The van der Waals surface area contributed by atoms with Gasteiger partial charge in [-0.1, -0.05) is 11.6 Å². The molecular weight excluding hydrogens is 180 g/mol. The van der Waals surface area contributed by atoms with Crippen LogP contribution in [0.2, 0.25) is 5.02 Å². The summed E-state index contributed by atoms with van der Waals surface area (Å²) >= 11 is 7.50. The third-order valence-corrected chi connectivity index (χ3v) is 3.39. The lowest BCUT2D eigenvalue weighted by atomic mass is 10.2. The van der Waals surface area contributed by atoms with Gasteiger partial charge in [0.05, 0.1) is 10.6 Å². The molecule has 0 saturated heterocycles. The first kappa shape index (κ1) is 7.59. The minimum absolute atomic E-state index is 0.408. The molecule has 1 aromatic rings. The largest absolute Gasteiger partial charge is 0.390 e. The quantitative estimate of drug-likeness (QED) is 0.756. The van der Waals surface area contributed by atoms with Crippen LogP contribution in [0.3, 0.4) is 0 Å².